The lowest BCUT2D eigenvalue weighted by atomic mass is 10.1. The Labute approximate surface area is 121 Å². The van der Waals surface area contributed by atoms with Crippen molar-refractivity contribution in [3.8, 4) is 5.75 Å². The van der Waals surface area contributed by atoms with Gasteiger partial charge in [-0.1, -0.05) is 19.1 Å². The summed E-state index contributed by atoms with van der Waals surface area (Å²) < 4.78 is 5.50. The van der Waals surface area contributed by atoms with Crippen LogP contribution in [0.5, 0.6) is 5.75 Å². The number of halogens is 1. The number of hydrogen-bond acceptors (Lipinski definition) is 3. The molecule has 4 nitrogen and oxygen atoms in total. The van der Waals surface area contributed by atoms with Crippen LogP contribution in [0, 0.1) is 0 Å². The number of hydrogen-bond donors (Lipinski definition) is 2. The predicted molar refractivity (Wildman–Crippen MR) is 79.9 cm³/mol. The number of nitrogens with one attached hydrogen (secondary N) is 1. The van der Waals surface area contributed by atoms with Crippen LogP contribution in [0.25, 0.3) is 0 Å². The van der Waals surface area contributed by atoms with Gasteiger partial charge in [-0.3, -0.25) is 4.79 Å². The number of benzene rings is 1. The van der Waals surface area contributed by atoms with Crippen LogP contribution < -0.4 is 15.8 Å². The quantitative estimate of drug-likeness (QED) is 0.767. The number of ether oxygens (including phenoxy) is 1. The smallest absolute Gasteiger partial charge is 0.220 e. The highest BCUT2D eigenvalue weighted by atomic mass is 35.5. The zero-order valence-electron chi connectivity index (χ0n) is 11.4. The van der Waals surface area contributed by atoms with Crippen molar-refractivity contribution in [3.63, 3.8) is 0 Å². The minimum atomic E-state index is 0. The summed E-state index contributed by atoms with van der Waals surface area (Å²) in [6.07, 6.45) is 2.24. The Morgan fingerprint density at radius 1 is 1.32 bits per heavy atom. The van der Waals surface area contributed by atoms with Gasteiger partial charge in [0.15, 0.2) is 0 Å². The summed E-state index contributed by atoms with van der Waals surface area (Å²) in [6.45, 7) is 3.84. The third kappa shape index (κ3) is 7.70. The molecule has 0 unspecified atom stereocenters. The van der Waals surface area contributed by atoms with Crippen molar-refractivity contribution in [1.82, 2.24) is 5.32 Å². The minimum absolute atomic E-state index is 0. The van der Waals surface area contributed by atoms with Crippen LogP contribution in [0.2, 0.25) is 0 Å². The van der Waals surface area contributed by atoms with Crippen molar-refractivity contribution >= 4 is 18.3 Å². The molecule has 0 radical (unpaired) electrons. The molecule has 0 saturated carbocycles. The van der Waals surface area contributed by atoms with Gasteiger partial charge in [0.25, 0.3) is 0 Å². The maximum atomic E-state index is 11.4. The average molecular weight is 287 g/mol. The molecule has 19 heavy (non-hydrogen) atoms. The van der Waals surface area contributed by atoms with Crippen LogP contribution in [-0.2, 0) is 11.2 Å². The van der Waals surface area contributed by atoms with Gasteiger partial charge in [-0.2, -0.15) is 0 Å². The molecule has 0 heterocycles. The molecule has 1 aromatic rings. The number of carbonyl (C=O) groups is 1. The molecule has 0 bridgehead atoms. The molecule has 5 heteroatoms. The highest BCUT2D eigenvalue weighted by Gasteiger charge is 2.01. The zero-order valence-corrected chi connectivity index (χ0v) is 12.2. The molecule has 0 aliphatic carbocycles. The van der Waals surface area contributed by atoms with Gasteiger partial charge in [0.2, 0.25) is 5.91 Å². The van der Waals surface area contributed by atoms with Crippen molar-refractivity contribution in [2.45, 2.75) is 26.2 Å². The summed E-state index contributed by atoms with van der Waals surface area (Å²) >= 11 is 0. The molecule has 0 atom stereocenters. The summed E-state index contributed by atoms with van der Waals surface area (Å²) in [5, 5.41) is 2.75. The molecule has 1 rings (SSSR count). The van der Waals surface area contributed by atoms with Gasteiger partial charge in [0.1, 0.15) is 5.75 Å². The maximum Gasteiger partial charge on any atom is 0.220 e. The number of carbonyl (C=O) groups excluding carboxylic acids is 1. The Balaban J connectivity index is 0.00000324. The topological polar surface area (TPSA) is 64.3 Å². The van der Waals surface area contributed by atoms with Crippen LogP contribution in [0.15, 0.2) is 24.3 Å². The average Bonchev–Trinajstić information content (AvgIpc) is 2.41. The van der Waals surface area contributed by atoms with Crippen LogP contribution in [0.3, 0.4) is 0 Å². The Bertz CT molecular complexity index is 355. The Kier molecular flexibility index (Phi) is 9.94. The maximum absolute atomic E-state index is 11.4. The fourth-order valence-electron chi connectivity index (χ4n) is 1.53. The van der Waals surface area contributed by atoms with E-state index in [1.165, 1.54) is 0 Å². The van der Waals surface area contributed by atoms with Crippen LogP contribution in [-0.4, -0.2) is 25.6 Å². The van der Waals surface area contributed by atoms with Gasteiger partial charge in [-0.25, -0.2) is 0 Å². The third-order valence-electron chi connectivity index (χ3n) is 2.50. The van der Waals surface area contributed by atoms with Crippen molar-refractivity contribution in [2.24, 2.45) is 5.73 Å². The first kappa shape index (κ1) is 17.7. The fraction of sp³-hybridized carbons (Fsp3) is 0.500. The molecular weight excluding hydrogens is 264 g/mol. The van der Waals surface area contributed by atoms with Crippen LogP contribution in [0.1, 0.15) is 25.3 Å². The molecular formula is C14H23ClN2O2. The molecule has 0 fully saturated rings. The van der Waals surface area contributed by atoms with E-state index in [-0.39, 0.29) is 18.3 Å². The molecule has 0 aromatic heterocycles. The predicted octanol–water partition coefficient (Wildman–Crippen LogP) is 1.90. The summed E-state index contributed by atoms with van der Waals surface area (Å²) in [5.74, 6) is 0.931. The van der Waals surface area contributed by atoms with Crippen LogP contribution in [0.4, 0.5) is 0 Å². The number of rotatable bonds is 8. The monoisotopic (exact) mass is 286 g/mol. The summed E-state index contributed by atoms with van der Waals surface area (Å²) in [4.78, 5) is 11.4. The van der Waals surface area contributed by atoms with E-state index in [1.54, 1.807) is 0 Å². The van der Waals surface area contributed by atoms with E-state index in [0.717, 1.165) is 30.8 Å². The highest BCUT2D eigenvalue weighted by molar-refractivity contribution is 5.85. The second-order valence-electron chi connectivity index (χ2n) is 4.13. The van der Waals surface area contributed by atoms with Gasteiger partial charge in [0, 0.05) is 19.5 Å². The van der Waals surface area contributed by atoms with E-state index in [2.05, 4.69) is 12.2 Å². The molecule has 0 spiro atoms. The van der Waals surface area contributed by atoms with Crippen LogP contribution >= 0.6 is 12.4 Å². The minimum Gasteiger partial charge on any atom is -0.494 e. The van der Waals surface area contributed by atoms with Crippen molar-refractivity contribution in [3.05, 3.63) is 29.8 Å². The summed E-state index contributed by atoms with van der Waals surface area (Å²) in [6, 6.07) is 7.90. The normalized spacial score (nSPS) is 9.58. The summed E-state index contributed by atoms with van der Waals surface area (Å²) in [5.41, 5.74) is 6.45. The molecule has 1 amide bonds. The molecule has 0 aliphatic rings. The van der Waals surface area contributed by atoms with E-state index in [0.29, 0.717) is 19.5 Å². The van der Waals surface area contributed by atoms with Gasteiger partial charge in [-0.15, -0.1) is 12.4 Å². The molecule has 0 saturated heterocycles. The van der Waals surface area contributed by atoms with Crippen molar-refractivity contribution in [1.29, 1.82) is 0 Å². The molecule has 108 valence electrons. The lowest BCUT2D eigenvalue weighted by molar-refractivity contribution is -0.120. The van der Waals surface area contributed by atoms with Crippen molar-refractivity contribution in [2.75, 3.05) is 19.7 Å². The Morgan fingerprint density at radius 2 is 2.00 bits per heavy atom. The first-order valence-corrected chi connectivity index (χ1v) is 6.44. The Hall–Kier alpha value is -1.26. The highest BCUT2D eigenvalue weighted by Crippen LogP contribution is 2.13. The molecule has 1 aromatic carbocycles. The second kappa shape index (κ2) is 10.6. The molecule has 3 N–H and O–H groups in total. The largest absolute Gasteiger partial charge is 0.494 e. The van der Waals surface area contributed by atoms with E-state index >= 15 is 0 Å². The number of nitrogens with two attached hydrogens (primary N) is 1. The third-order valence-corrected chi connectivity index (χ3v) is 2.50. The lowest BCUT2D eigenvalue weighted by Gasteiger charge is -2.06. The van der Waals surface area contributed by atoms with E-state index < -0.39 is 0 Å². The zero-order chi connectivity index (χ0) is 13.2. The van der Waals surface area contributed by atoms with Gasteiger partial charge >= 0.3 is 0 Å². The van der Waals surface area contributed by atoms with Gasteiger partial charge in [0.05, 0.1) is 6.61 Å². The fourth-order valence-corrected chi connectivity index (χ4v) is 1.53. The first-order valence-electron chi connectivity index (χ1n) is 6.44. The van der Waals surface area contributed by atoms with Crippen molar-refractivity contribution < 1.29 is 9.53 Å². The molecule has 0 aliphatic heterocycles. The lowest BCUT2D eigenvalue weighted by Crippen LogP contribution is -2.29. The number of amides is 1. The number of aryl methyl sites for hydroxylation is 1. The SMILES string of the molecule is CCCOc1ccc(CCC(=O)NCCN)cc1.Cl. The Morgan fingerprint density at radius 3 is 2.58 bits per heavy atom. The van der Waals surface area contributed by atoms with E-state index in [1.807, 2.05) is 24.3 Å². The van der Waals surface area contributed by atoms with Gasteiger partial charge < -0.3 is 15.8 Å². The van der Waals surface area contributed by atoms with E-state index in [9.17, 15) is 4.79 Å². The summed E-state index contributed by atoms with van der Waals surface area (Å²) in [7, 11) is 0. The second-order valence-corrected chi connectivity index (χ2v) is 4.13. The van der Waals surface area contributed by atoms with E-state index in [4.69, 9.17) is 10.5 Å². The first-order chi connectivity index (χ1) is 8.76. The van der Waals surface area contributed by atoms with Gasteiger partial charge in [-0.05, 0) is 30.5 Å². The standard InChI is InChI=1S/C14H22N2O2.ClH/c1-2-11-18-13-6-3-12(4-7-13)5-8-14(17)16-10-9-15;/h3-4,6-7H,2,5,8-11,15H2,1H3,(H,16,17);1H.